The Balaban J connectivity index is 2.59. The molecule has 0 aromatic heterocycles. The Morgan fingerprint density at radius 2 is 1.89 bits per heavy atom. The molecule has 1 unspecified atom stereocenters. The van der Waals surface area contributed by atoms with Crippen molar-refractivity contribution in [3.05, 3.63) is 59.7 Å². The Kier molecular flexibility index (Phi) is 3.12. The van der Waals surface area contributed by atoms with Crippen molar-refractivity contribution in [3.8, 4) is 0 Å². The van der Waals surface area contributed by atoms with Crippen molar-refractivity contribution >= 4 is 11.8 Å². The van der Waals surface area contributed by atoms with E-state index in [1.807, 2.05) is 0 Å². The lowest BCUT2D eigenvalue weighted by atomic mass is 9.81. The van der Waals surface area contributed by atoms with Gasteiger partial charge in [-0.1, -0.05) is 48.6 Å². The molecule has 1 aliphatic carbocycles. The highest BCUT2D eigenvalue weighted by atomic mass is 16.4. The monoisotopic (exact) mass is 244 g/mol. The fourth-order valence-electron chi connectivity index (χ4n) is 1.94. The van der Waals surface area contributed by atoms with E-state index in [0.29, 0.717) is 0 Å². The first kappa shape index (κ1) is 12.3. The molecule has 1 aromatic carbocycles. The second kappa shape index (κ2) is 4.58. The first-order valence-electron chi connectivity index (χ1n) is 5.48. The van der Waals surface area contributed by atoms with E-state index in [9.17, 15) is 19.8 Å². The lowest BCUT2D eigenvalue weighted by Gasteiger charge is -2.26. The van der Waals surface area contributed by atoms with Gasteiger partial charge < -0.3 is 10.2 Å². The molecule has 2 N–H and O–H groups in total. The molecule has 0 saturated carbocycles. The van der Waals surface area contributed by atoms with Crippen LogP contribution < -0.4 is 0 Å². The molecule has 0 saturated heterocycles. The topological polar surface area (TPSA) is 74.6 Å². The molecular weight excluding hydrogens is 232 g/mol. The zero-order valence-corrected chi connectivity index (χ0v) is 9.54. The van der Waals surface area contributed by atoms with Crippen molar-refractivity contribution in [1.29, 1.82) is 0 Å². The molecule has 18 heavy (non-hydrogen) atoms. The van der Waals surface area contributed by atoms with Gasteiger partial charge >= 0.3 is 5.97 Å². The summed E-state index contributed by atoms with van der Waals surface area (Å²) in [5.41, 5.74) is -2.22. The van der Waals surface area contributed by atoms with Gasteiger partial charge in [-0.15, -0.1) is 0 Å². The summed E-state index contributed by atoms with van der Waals surface area (Å²) in [4.78, 5) is 23.2. The number of hydrogen-bond acceptors (Lipinski definition) is 3. The maximum absolute atomic E-state index is 11.8. The minimum Gasteiger partial charge on any atom is -0.479 e. The largest absolute Gasteiger partial charge is 0.479 e. The van der Waals surface area contributed by atoms with Crippen LogP contribution in [0.1, 0.15) is 12.0 Å². The first-order valence-corrected chi connectivity index (χ1v) is 5.48. The van der Waals surface area contributed by atoms with Gasteiger partial charge in [-0.25, -0.2) is 4.79 Å². The summed E-state index contributed by atoms with van der Waals surface area (Å²) in [5, 5.41) is 19.7. The van der Waals surface area contributed by atoms with Crippen LogP contribution in [0.4, 0.5) is 0 Å². The smallest absolute Gasteiger partial charge is 0.345 e. The van der Waals surface area contributed by atoms with E-state index in [1.54, 1.807) is 30.4 Å². The van der Waals surface area contributed by atoms with E-state index >= 15 is 0 Å². The molecule has 0 aliphatic heterocycles. The molecule has 0 spiro atoms. The van der Waals surface area contributed by atoms with Crippen LogP contribution in [0.25, 0.3) is 0 Å². The summed E-state index contributed by atoms with van der Waals surface area (Å²) >= 11 is 0. The number of allylic oxidation sites excluding steroid dienone is 3. The van der Waals surface area contributed by atoms with Gasteiger partial charge in [-0.3, -0.25) is 4.79 Å². The predicted octanol–water partition coefficient (Wildman–Crippen LogP) is 1.41. The summed E-state index contributed by atoms with van der Waals surface area (Å²) < 4.78 is 0. The normalized spacial score (nSPS) is 18.1. The fourth-order valence-corrected chi connectivity index (χ4v) is 1.94. The molecule has 0 bridgehead atoms. The van der Waals surface area contributed by atoms with Crippen LogP contribution >= 0.6 is 0 Å². The summed E-state index contributed by atoms with van der Waals surface area (Å²) in [6.07, 6.45) is 4.66. The summed E-state index contributed by atoms with van der Waals surface area (Å²) in [5.74, 6) is -1.84. The number of rotatable bonds is 3. The molecule has 0 amide bonds. The maximum Gasteiger partial charge on any atom is 0.345 e. The Labute approximate surface area is 104 Å². The number of hydrogen-bond donors (Lipinski definition) is 2. The lowest BCUT2D eigenvalue weighted by molar-refractivity contribution is -0.156. The number of carboxylic acids is 1. The van der Waals surface area contributed by atoms with E-state index in [1.165, 1.54) is 18.2 Å². The highest BCUT2D eigenvalue weighted by molar-refractivity contribution is 6.05. The van der Waals surface area contributed by atoms with E-state index in [0.717, 1.165) is 0 Å². The quantitative estimate of drug-likeness (QED) is 0.843. The Morgan fingerprint density at radius 1 is 1.22 bits per heavy atom. The van der Waals surface area contributed by atoms with Crippen LogP contribution in [-0.2, 0) is 15.2 Å². The first-order chi connectivity index (χ1) is 8.56. The Bertz CT molecular complexity index is 542. The number of carbonyl (C=O) groups is 2. The second-order valence-corrected chi connectivity index (χ2v) is 4.02. The zero-order chi connectivity index (χ0) is 13.2. The van der Waals surface area contributed by atoms with Crippen LogP contribution in [-0.4, -0.2) is 22.0 Å². The molecule has 0 radical (unpaired) electrons. The van der Waals surface area contributed by atoms with E-state index in [2.05, 4.69) is 0 Å². The number of aliphatic carboxylic acids is 1. The number of carboxylic acid groups (broad SMARTS) is 1. The molecular formula is C14H12O4. The van der Waals surface area contributed by atoms with Crippen molar-refractivity contribution < 1.29 is 19.8 Å². The van der Waals surface area contributed by atoms with Gasteiger partial charge in [-0.05, 0) is 5.56 Å². The average Bonchev–Trinajstić information content (AvgIpc) is 2.39. The van der Waals surface area contributed by atoms with E-state index in [4.69, 9.17) is 0 Å². The molecule has 92 valence electrons. The summed E-state index contributed by atoms with van der Waals surface area (Å²) in [7, 11) is 0. The number of aliphatic hydroxyl groups is 1. The van der Waals surface area contributed by atoms with Gasteiger partial charge in [-0.2, -0.15) is 0 Å². The van der Waals surface area contributed by atoms with Crippen molar-refractivity contribution in [2.75, 3.05) is 0 Å². The third-order valence-corrected chi connectivity index (χ3v) is 2.89. The van der Waals surface area contributed by atoms with Crippen molar-refractivity contribution in [3.63, 3.8) is 0 Å². The number of benzene rings is 1. The van der Waals surface area contributed by atoms with E-state index < -0.39 is 11.6 Å². The molecule has 2 rings (SSSR count). The Morgan fingerprint density at radius 3 is 2.44 bits per heavy atom. The zero-order valence-electron chi connectivity index (χ0n) is 9.54. The van der Waals surface area contributed by atoms with E-state index in [-0.39, 0.29) is 23.3 Å². The molecule has 1 aliphatic rings. The van der Waals surface area contributed by atoms with Gasteiger partial charge in [0, 0.05) is 12.0 Å². The van der Waals surface area contributed by atoms with Crippen molar-refractivity contribution in [2.24, 2.45) is 0 Å². The van der Waals surface area contributed by atoms with Crippen molar-refractivity contribution in [2.45, 2.75) is 12.0 Å². The molecule has 4 heteroatoms. The van der Waals surface area contributed by atoms with Crippen LogP contribution in [0.2, 0.25) is 0 Å². The second-order valence-electron chi connectivity index (χ2n) is 4.02. The fraction of sp³-hybridized carbons (Fsp3) is 0.143. The number of carbonyl (C=O) groups excluding carboxylic acids is 1. The lowest BCUT2D eigenvalue weighted by Crippen LogP contribution is -2.40. The van der Waals surface area contributed by atoms with Crippen LogP contribution in [0.15, 0.2) is 54.1 Å². The number of Topliss-reactive ketones (excluding diaryl/α,β-unsaturated/α-hetero) is 1. The standard InChI is InChI=1S/C14H12O4/c15-12-9-5-4-8-11(12)14(18,13(16)17)10-6-2-1-3-7-10/h1-8,18H,9H2,(H,16,17). The third kappa shape index (κ3) is 1.87. The molecule has 4 nitrogen and oxygen atoms in total. The van der Waals surface area contributed by atoms with Gasteiger partial charge in [0.05, 0.1) is 0 Å². The maximum atomic E-state index is 11.8. The van der Waals surface area contributed by atoms with Gasteiger partial charge in [0.1, 0.15) is 0 Å². The van der Waals surface area contributed by atoms with Crippen molar-refractivity contribution in [1.82, 2.24) is 0 Å². The Hall–Kier alpha value is -2.20. The van der Waals surface area contributed by atoms with Crippen LogP contribution in [0.3, 0.4) is 0 Å². The van der Waals surface area contributed by atoms with Gasteiger partial charge in [0.25, 0.3) is 0 Å². The minimum atomic E-state index is -2.29. The molecule has 1 atom stereocenters. The van der Waals surface area contributed by atoms with Crippen LogP contribution in [0, 0.1) is 0 Å². The molecule has 0 heterocycles. The minimum absolute atomic E-state index is 0.105. The summed E-state index contributed by atoms with van der Waals surface area (Å²) in [6, 6.07) is 7.92. The highest BCUT2D eigenvalue weighted by Crippen LogP contribution is 2.32. The highest BCUT2D eigenvalue weighted by Gasteiger charge is 2.44. The number of ketones is 1. The third-order valence-electron chi connectivity index (χ3n) is 2.89. The average molecular weight is 244 g/mol. The molecule has 1 aromatic rings. The van der Waals surface area contributed by atoms with Gasteiger partial charge in [0.2, 0.25) is 5.60 Å². The molecule has 0 fully saturated rings. The summed E-state index contributed by atoms with van der Waals surface area (Å²) in [6.45, 7) is 0. The van der Waals surface area contributed by atoms with Gasteiger partial charge in [0.15, 0.2) is 5.78 Å². The predicted molar refractivity (Wildman–Crippen MR) is 64.8 cm³/mol. The SMILES string of the molecule is O=C1CC=CC=C1C(O)(C(=O)O)c1ccccc1. The van der Waals surface area contributed by atoms with Crippen LogP contribution in [0.5, 0.6) is 0 Å².